The Morgan fingerprint density at radius 2 is 2.08 bits per heavy atom. The highest BCUT2D eigenvalue weighted by atomic mass is 16.5. The van der Waals surface area contributed by atoms with Gasteiger partial charge in [-0.15, -0.1) is 0 Å². The first-order valence-corrected chi connectivity index (χ1v) is 9.73. The first-order valence-electron chi connectivity index (χ1n) is 9.73. The van der Waals surface area contributed by atoms with Gasteiger partial charge in [0, 0.05) is 38.9 Å². The maximum Gasteiger partial charge on any atom is 0.191 e. The minimum atomic E-state index is 0.277. The molecule has 1 aromatic carbocycles. The van der Waals surface area contributed by atoms with E-state index in [0.29, 0.717) is 12.6 Å². The van der Waals surface area contributed by atoms with Gasteiger partial charge < -0.3 is 24.8 Å². The standard InChI is InChI=1S/C20H31N3O3/c1-21-20(22-11-5-12-25-18-10-13-24-15-18)23-14-16-6-2-3-9-19(16)26-17-7-4-8-17/h2-3,6,9,17-18H,4-5,7-8,10-15H2,1H3,(H2,21,22,23). The van der Waals surface area contributed by atoms with Crippen molar-refractivity contribution in [3.63, 3.8) is 0 Å². The number of nitrogens with zero attached hydrogens (tertiary/aromatic N) is 1. The summed E-state index contributed by atoms with van der Waals surface area (Å²) < 4.78 is 17.2. The van der Waals surface area contributed by atoms with Crippen LogP contribution in [0.15, 0.2) is 29.3 Å². The van der Waals surface area contributed by atoms with Crippen LogP contribution < -0.4 is 15.4 Å². The summed E-state index contributed by atoms with van der Waals surface area (Å²) in [5, 5.41) is 6.70. The number of hydrogen-bond donors (Lipinski definition) is 2. The van der Waals surface area contributed by atoms with E-state index < -0.39 is 0 Å². The van der Waals surface area contributed by atoms with E-state index in [1.165, 1.54) is 19.3 Å². The van der Waals surface area contributed by atoms with Gasteiger partial charge in [-0.2, -0.15) is 0 Å². The summed E-state index contributed by atoms with van der Waals surface area (Å²) in [7, 11) is 1.79. The van der Waals surface area contributed by atoms with Gasteiger partial charge in [0.15, 0.2) is 5.96 Å². The molecule has 1 unspecified atom stereocenters. The van der Waals surface area contributed by atoms with Crippen LogP contribution in [-0.4, -0.2) is 51.6 Å². The first-order chi connectivity index (χ1) is 12.8. The van der Waals surface area contributed by atoms with Crippen molar-refractivity contribution in [1.29, 1.82) is 0 Å². The average molecular weight is 361 g/mol. The highest BCUT2D eigenvalue weighted by Gasteiger charge is 2.20. The second kappa shape index (κ2) is 10.4. The highest BCUT2D eigenvalue weighted by molar-refractivity contribution is 5.79. The lowest BCUT2D eigenvalue weighted by Crippen LogP contribution is -2.37. The van der Waals surface area contributed by atoms with Crippen molar-refractivity contribution in [2.24, 2.45) is 4.99 Å². The van der Waals surface area contributed by atoms with Gasteiger partial charge in [-0.3, -0.25) is 4.99 Å². The smallest absolute Gasteiger partial charge is 0.191 e. The molecule has 6 nitrogen and oxygen atoms in total. The Bertz CT molecular complexity index is 569. The predicted molar refractivity (Wildman–Crippen MR) is 103 cm³/mol. The van der Waals surface area contributed by atoms with Crippen molar-refractivity contribution in [3.05, 3.63) is 29.8 Å². The molecule has 0 radical (unpaired) electrons. The summed E-state index contributed by atoms with van der Waals surface area (Å²) in [6.07, 6.45) is 6.23. The van der Waals surface area contributed by atoms with Gasteiger partial charge in [-0.05, 0) is 38.2 Å². The largest absolute Gasteiger partial charge is 0.490 e. The summed E-state index contributed by atoms with van der Waals surface area (Å²) in [5.74, 6) is 1.78. The van der Waals surface area contributed by atoms with E-state index in [2.05, 4.69) is 27.8 Å². The lowest BCUT2D eigenvalue weighted by molar-refractivity contribution is 0.0420. The van der Waals surface area contributed by atoms with Crippen LogP contribution in [0, 0.1) is 0 Å². The zero-order chi connectivity index (χ0) is 18.0. The lowest BCUT2D eigenvalue weighted by Gasteiger charge is -2.27. The Kier molecular flexibility index (Phi) is 7.58. The number of hydrogen-bond acceptors (Lipinski definition) is 4. The maximum absolute atomic E-state index is 6.08. The van der Waals surface area contributed by atoms with E-state index in [4.69, 9.17) is 14.2 Å². The number of nitrogens with one attached hydrogen (secondary N) is 2. The Balaban J connectivity index is 1.35. The van der Waals surface area contributed by atoms with Crippen LogP contribution in [0.4, 0.5) is 0 Å². The molecule has 1 aromatic rings. The molecule has 144 valence electrons. The second-order valence-electron chi connectivity index (χ2n) is 6.84. The fourth-order valence-corrected chi connectivity index (χ4v) is 3.01. The minimum Gasteiger partial charge on any atom is -0.490 e. The van der Waals surface area contributed by atoms with E-state index in [1.807, 2.05) is 12.1 Å². The average Bonchev–Trinajstić information content (AvgIpc) is 3.15. The molecule has 2 N–H and O–H groups in total. The van der Waals surface area contributed by atoms with Crippen LogP contribution in [0.3, 0.4) is 0 Å². The third-order valence-corrected chi connectivity index (χ3v) is 4.84. The summed E-state index contributed by atoms with van der Waals surface area (Å²) in [6, 6.07) is 8.23. The third-order valence-electron chi connectivity index (χ3n) is 4.84. The molecule has 3 rings (SSSR count). The molecule has 1 aliphatic heterocycles. The van der Waals surface area contributed by atoms with Crippen LogP contribution >= 0.6 is 0 Å². The van der Waals surface area contributed by atoms with Crippen molar-refractivity contribution in [1.82, 2.24) is 10.6 Å². The first kappa shape index (κ1) is 19.0. The van der Waals surface area contributed by atoms with Gasteiger partial charge in [0.25, 0.3) is 0 Å². The fourth-order valence-electron chi connectivity index (χ4n) is 3.01. The van der Waals surface area contributed by atoms with Crippen molar-refractivity contribution < 1.29 is 14.2 Å². The van der Waals surface area contributed by atoms with E-state index >= 15 is 0 Å². The molecule has 1 saturated heterocycles. The van der Waals surface area contributed by atoms with E-state index in [1.54, 1.807) is 7.05 Å². The van der Waals surface area contributed by atoms with Crippen LogP contribution in [0.2, 0.25) is 0 Å². The maximum atomic E-state index is 6.08. The summed E-state index contributed by atoms with van der Waals surface area (Å²) >= 11 is 0. The van der Waals surface area contributed by atoms with Gasteiger partial charge in [0.2, 0.25) is 0 Å². The zero-order valence-electron chi connectivity index (χ0n) is 15.7. The monoisotopic (exact) mass is 361 g/mol. The van der Waals surface area contributed by atoms with Crippen LogP contribution in [0.1, 0.15) is 37.7 Å². The van der Waals surface area contributed by atoms with Gasteiger partial charge in [0.05, 0.1) is 18.8 Å². The topological polar surface area (TPSA) is 64.1 Å². The third kappa shape index (κ3) is 5.88. The Labute approximate surface area is 156 Å². The van der Waals surface area contributed by atoms with E-state index in [-0.39, 0.29) is 6.10 Å². The molecule has 1 saturated carbocycles. The normalized spacial score (nSPS) is 20.7. The van der Waals surface area contributed by atoms with Crippen LogP contribution in [-0.2, 0) is 16.0 Å². The van der Waals surface area contributed by atoms with Gasteiger partial charge in [-0.25, -0.2) is 0 Å². The number of benzene rings is 1. The van der Waals surface area contributed by atoms with Crippen molar-refractivity contribution in [3.8, 4) is 5.75 Å². The number of para-hydroxylation sites is 1. The van der Waals surface area contributed by atoms with E-state index in [0.717, 1.165) is 56.5 Å². The molecular formula is C20H31N3O3. The van der Waals surface area contributed by atoms with Crippen LogP contribution in [0.5, 0.6) is 5.75 Å². The molecule has 6 heteroatoms. The van der Waals surface area contributed by atoms with Gasteiger partial charge in [0.1, 0.15) is 5.75 Å². The summed E-state index contributed by atoms with van der Waals surface area (Å²) in [4.78, 5) is 4.29. The SMILES string of the molecule is CN=C(NCCCOC1CCOC1)NCc1ccccc1OC1CCC1. The minimum absolute atomic E-state index is 0.277. The fraction of sp³-hybridized carbons (Fsp3) is 0.650. The Hall–Kier alpha value is -1.79. The van der Waals surface area contributed by atoms with E-state index in [9.17, 15) is 0 Å². The van der Waals surface area contributed by atoms with Crippen molar-refractivity contribution in [2.45, 2.75) is 50.9 Å². The number of rotatable bonds is 9. The molecule has 1 aliphatic carbocycles. The molecule has 0 amide bonds. The summed E-state index contributed by atoms with van der Waals surface area (Å²) in [6.45, 7) is 3.83. The lowest BCUT2D eigenvalue weighted by atomic mass is 9.96. The zero-order valence-corrected chi connectivity index (χ0v) is 15.7. The number of ether oxygens (including phenoxy) is 3. The van der Waals surface area contributed by atoms with Crippen molar-refractivity contribution in [2.75, 3.05) is 33.4 Å². The van der Waals surface area contributed by atoms with Crippen LogP contribution in [0.25, 0.3) is 0 Å². The van der Waals surface area contributed by atoms with Crippen molar-refractivity contribution >= 4 is 5.96 Å². The Morgan fingerprint density at radius 1 is 1.19 bits per heavy atom. The quantitative estimate of drug-likeness (QED) is 0.402. The number of guanidine groups is 1. The molecule has 2 aliphatic rings. The Morgan fingerprint density at radius 3 is 2.81 bits per heavy atom. The molecule has 0 spiro atoms. The molecule has 2 fully saturated rings. The molecule has 26 heavy (non-hydrogen) atoms. The molecule has 1 atom stereocenters. The van der Waals surface area contributed by atoms with Gasteiger partial charge >= 0.3 is 0 Å². The highest BCUT2D eigenvalue weighted by Crippen LogP contribution is 2.27. The molecule has 0 bridgehead atoms. The number of aliphatic imine (C=N–C) groups is 1. The van der Waals surface area contributed by atoms with Gasteiger partial charge in [-0.1, -0.05) is 18.2 Å². The molecule has 1 heterocycles. The molecule has 0 aromatic heterocycles. The molecular weight excluding hydrogens is 330 g/mol. The summed E-state index contributed by atoms with van der Waals surface area (Å²) in [5.41, 5.74) is 1.16. The second-order valence-corrected chi connectivity index (χ2v) is 6.84. The predicted octanol–water partition coefficient (Wildman–Crippen LogP) is 2.48.